The molecule has 1 saturated heterocycles. The molecule has 1 atom stereocenters. The molecule has 0 bridgehead atoms. The van der Waals surface area contributed by atoms with Gasteiger partial charge in [-0.2, -0.15) is 0 Å². The molecular weight excluding hydrogens is 422 g/mol. The number of anilines is 1. The lowest BCUT2D eigenvalue weighted by molar-refractivity contribution is -0.144. The van der Waals surface area contributed by atoms with E-state index in [9.17, 15) is 9.59 Å². The van der Waals surface area contributed by atoms with Crippen LogP contribution in [0.1, 0.15) is 34.8 Å². The van der Waals surface area contributed by atoms with Crippen LogP contribution in [-0.4, -0.2) is 62.1 Å². The third-order valence-corrected chi connectivity index (χ3v) is 5.81. The van der Waals surface area contributed by atoms with Gasteiger partial charge in [0.1, 0.15) is 11.6 Å². The maximum absolute atomic E-state index is 12.8. The van der Waals surface area contributed by atoms with Crippen molar-refractivity contribution < 1.29 is 23.8 Å². The number of nitrogens with zero attached hydrogens (tertiary/aromatic N) is 1. The topological polar surface area (TPSA) is 101 Å². The van der Waals surface area contributed by atoms with Crippen molar-refractivity contribution in [2.75, 3.05) is 44.8 Å². The average Bonchev–Trinajstić information content (AvgIpc) is 2.84. The third kappa shape index (κ3) is 5.70. The zero-order valence-corrected chi connectivity index (χ0v) is 18.8. The third-order valence-electron chi connectivity index (χ3n) is 5.81. The first-order chi connectivity index (χ1) is 16.0. The van der Waals surface area contributed by atoms with E-state index in [-0.39, 0.29) is 17.8 Å². The molecule has 0 aromatic heterocycles. The van der Waals surface area contributed by atoms with E-state index in [0.29, 0.717) is 69.4 Å². The Kier molecular flexibility index (Phi) is 7.24. The zero-order valence-electron chi connectivity index (χ0n) is 18.8. The van der Waals surface area contributed by atoms with Crippen LogP contribution in [0.25, 0.3) is 0 Å². The number of amidine groups is 1. The predicted octanol–water partition coefficient (Wildman–Crippen LogP) is 3.10. The molecule has 2 aliphatic heterocycles. The Hall–Kier alpha value is -3.39. The van der Waals surface area contributed by atoms with Crippen molar-refractivity contribution in [2.45, 2.75) is 19.8 Å². The van der Waals surface area contributed by atoms with Crippen molar-refractivity contribution in [2.24, 2.45) is 5.92 Å². The first-order valence-corrected chi connectivity index (χ1v) is 11.3. The monoisotopic (exact) mass is 451 g/mol. The summed E-state index contributed by atoms with van der Waals surface area (Å²) < 4.78 is 16.2. The van der Waals surface area contributed by atoms with Crippen molar-refractivity contribution in [1.29, 1.82) is 5.41 Å². The molecule has 33 heavy (non-hydrogen) atoms. The highest BCUT2D eigenvalue weighted by Crippen LogP contribution is 2.31. The molecule has 0 aliphatic carbocycles. The summed E-state index contributed by atoms with van der Waals surface area (Å²) in [7, 11) is 0. The maximum atomic E-state index is 12.8. The highest BCUT2D eigenvalue weighted by Gasteiger charge is 2.23. The smallest absolute Gasteiger partial charge is 0.306 e. The largest absolute Gasteiger partial charge is 0.493 e. The van der Waals surface area contributed by atoms with Gasteiger partial charge in [-0.25, -0.2) is 0 Å². The average molecular weight is 452 g/mol. The summed E-state index contributed by atoms with van der Waals surface area (Å²) in [6.07, 6.45) is 1.01. The fourth-order valence-corrected chi connectivity index (χ4v) is 4.07. The molecule has 1 fully saturated rings. The van der Waals surface area contributed by atoms with E-state index in [2.05, 4.69) is 5.32 Å². The standard InChI is InChI=1S/C25H29N3O5/c1-2-32-23(29)14-17-13-20-15-21(7-8-22(20)33-16-17)27-25(30)19-5-3-18(4-6-19)24(26)28-9-11-31-12-10-28/h3-8,15,17,26H,2,9-14,16H2,1H3,(H,27,30)/t17-/m0/s1. The predicted molar refractivity (Wildman–Crippen MR) is 124 cm³/mol. The minimum Gasteiger partial charge on any atom is -0.493 e. The van der Waals surface area contributed by atoms with E-state index in [4.69, 9.17) is 19.6 Å². The molecule has 4 rings (SSSR count). The fourth-order valence-electron chi connectivity index (χ4n) is 4.07. The van der Waals surface area contributed by atoms with E-state index >= 15 is 0 Å². The zero-order chi connectivity index (χ0) is 23.2. The molecule has 2 aromatic rings. The number of carbonyl (C=O) groups is 2. The molecule has 174 valence electrons. The molecule has 0 unspecified atom stereocenters. The summed E-state index contributed by atoms with van der Waals surface area (Å²) in [6.45, 7) is 5.28. The van der Waals surface area contributed by atoms with Gasteiger partial charge in [0.15, 0.2) is 0 Å². The van der Waals surface area contributed by atoms with Gasteiger partial charge in [-0.3, -0.25) is 15.0 Å². The number of benzene rings is 2. The molecule has 0 radical (unpaired) electrons. The number of amides is 1. The summed E-state index contributed by atoms with van der Waals surface area (Å²) >= 11 is 0. The van der Waals surface area contributed by atoms with Crippen molar-refractivity contribution in [3.05, 3.63) is 59.2 Å². The van der Waals surface area contributed by atoms with Crippen LogP contribution in [0.4, 0.5) is 5.69 Å². The van der Waals surface area contributed by atoms with Crippen LogP contribution in [0.3, 0.4) is 0 Å². The first-order valence-electron chi connectivity index (χ1n) is 11.3. The van der Waals surface area contributed by atoms with Gasteiger partial charge in [-0.15, -0.1) is 0 Å². The molecule has 8 nitrogen and oxygen atoms in total. The number of hydrogen-bond donors (Lipinski definition) is 2. The summed E-state index contributed by atoms with van der Waals surface area (Å²) in [5.41, 5.74) is 2.92. The van der Waals surface area contributed by atoms with E-state index < -0.39 is 0 Å². The van der Waals surface area contributed by atoms with Gasteiger partial charge in [-0.05, 0) is 49.2 Å². The van der Waals surface area contributed by atoms with Gasteiger partial charge < -0.3 is 24.4 Å². The Morgan fingerprint density at radius 1 is 1.12 bits per heavy atom. The van der Waals surface area contributed by atoms with Crippen molar-refractivity contribution in [1.82, 2.24) is 4.90 Å². The summed E-state index contributed by atoms with van der Waals surface area (Å²) in [5.74, 6) is 0.830. The first kappa shape index (κ1) is 22.8. The maximum Gasteiger partial charge on any atom is 0.306 e. The SMILES string of the molecule is CCOC(=O)C[C@H]1COc2ccc(NC(=O)c3ccc(C(=N)N4CCOCC4)cc3)cc2C1. The quantitative estimate of drug-likeness (QED) is 0.398. The Balaban J connectivity index is 1.37. The van der Waals surface area contributed by atoms with E-state index in [1.165, 1.54) is 0 Å². The van der Waals surface area contributed by atoms with Crippen LogP contribution in [0.15, 0.2) is 42.5 Å². The number of carbonyl (C=O) groups excluding carboxylic acids is 2. The van der Waals surface area contributed by atoms with Crippen LogP contribution in [0.5, 0.6) is 5.75 Å². The molecule has 2 aliphatic rings. The number of fused-ring (bicyclic) bond motifs is 1. The van der Waals surface area contributed by atoms with Crippen LogP contribution in [0, 0.1) is 11.3 Å². The lowest BCUT2D eigenvalue weighted by atomic mass is 9.93. The number of morpholine rings is 1. The summed E-state index contributed by atoms with van der Waals surface area (Å²) in [5, 5.41) is 11.3. The van der Waals surface area contributed by atoms with Gasteiger partial charge in [0.05, 0.1) is 32.8 Å². The van der Waals surface area contributed by atoms with Gasteiger partial charge in [0, 0.05) is 35.8 Å². The van der Waals surface area contributed by atoms with Crippen molar-refractivity contribution >= 4 is 23.4 Å². The second kappa shape index (κ2) is 10.5. The lowest BCUT2D eigenvalue weighted by Gasteiger charge is -2.29. The van der Waals surface area contributed by atoms with Crippen LogP contribution in [0.2, 0.25) is 0 Å². The second-order valence-electron chi connectivity index (χ2n) is 8.19. The summed E-state index contributed by atoms with van der Waals surface area (Å²) in [4.78, 5) is 26.5. The molecule has 1 amide bonds. The van der Waals surface area contributed by atoms with Crippen molar-refractivity contribution in [3.8, 4) is 5.75 Å². The number of esters is 1. The van der Waals surface area contributed by atoms with E-state index in [0.717, 1.165) is 16.9 Å². The molecule has 2 heterocycles. The number of nitrogens with one attached hydrogen (secondary N) is 2. The molecule has 8 heteroatoms. The van der Waals surface area contributed by atoms with Gasteiger partial charge in [-0.1, -0.05) is 12.1 Å². The minimum atomic E-state index is -0.223. The highest BCUT2D eigenvalue weighted by molar-refractivity contribution is 6.05. The van der Waals surface area contributed by atoms with Gasteiger partial charge in [0.2, 0.25) is 0 Å². The Labute approximate surface area is 193 Å². The highest BCUT2D eigenvalue weighted by atomic mass is 16.5. The lowest BCUT2D eigenvalue weighted by Crippen LogP contribution is -2.40. The molecule has 2 N–H and O–H groups in total. The Bertz CT molecular complexity index is 1020. The van der Waals surface area contributed by atoms with Crippen LogP contribution >= 0.6 is 0 Å². The van der Waals surface area contributed by atoms with Crippen LogP contribution < -0.4 is 10.1 Å². The van der Waals surface area contributed by atoms with Crippen LogP contribution in [-0.2, 0) is 20.7 Å². The Morgan fingerprint density at radius 2 is 1.85 bits per heavy atom. The Morgan fingerprint density at radius 3 is 2.58 bits per heavy atom. The summed E-state index contributed by atoms with van der Waals surface area (Å²) in [6, 6.07) is 12.6. The van der Waals surface area contributed by atoms with Crippen molar-refractivity contribution in [3.63, 3.8) is 0 Å². The fraction of sp³-hybridized carbons (Fsp3) is 0.400. The second-order valence-corrected chi connectivity index (χ2v) is 8.19. The molecular formula is C25H29N3O5. The molecule has 0 spiro atoms. The van der Waals surface area contributed by atoms with E-state index in [1.807, 2.05) is 23.1 Å². The minimum absolute atomic E-state index is 0.0526. The normalized spacial score (nSPS) is 17.5. The van der Waals surface area contributed by atoms with E-state index in [1.54, 1.807) is 31.2 Å². The number of hydrogen-bond acceptors (Lipinski definition) is 6. The molecule has 0 saturated carbocycles. The van der Waals surface area contributed by atoms with Gasteiger partial charge >= 0.3 is 5.97 Å². The van der Waals surface area contributed by atoms with Gasteiger partial charge in [0.25, 0.3) is 5.91 Å². The molecule has 2 aromatic carbocycles. The number of rotatable bonds is 6. The number of ether oxygens (including phenoxy) is 3.